The van der Waals surface area contributed by atoms with E-state index in [0.29, 0.717) is 19.3 Å². The lowest BCUT2D eigenvalue weighted by Crippen LogP contribution is -2.33. The van der Waals surface area contributed by atoms with Gasteiger partial charge in [0.05, 0.1) is 13.2 Å². The molecule has 0 aromatic rings. The van der Waals surface area contributed by atoms with Crippen molar-refractivity contribution in [2.45, 2.75) is 65.4 Å². The molecular weight excluding hydrogens is 276 g/mol. The standard InChI is InChI=1S/C15H26O6/c1-4-7-10-19-13(16)12(9-6-3)21-15(18)14(17)20-11-8-5-2/h12H,4-11H2,1-3H3. The monoisotopic (exact) mass is 302 g/mol. The first-order valence-electron chi connectivity index (χ1n) is 7.61. The van der Waals surface area contributed by atoms with Crippen LogP contribution in [0.2, 0.25) is 0 Å². The summed E-state index contributed by atoms with van der Waals surface area (Å²) in [5.41, 5.74) is 0. The SMILES string of the molecule is CCCCOC(=O)C(=O)OC(CCC)C(=O)OCCCC. The Hall–Kier alpha value is -1.59. The summed E-state index contributed by atoms with van der Waals surface area (Å²) in [6.07, 6.45) is 3.08. The van der Waals surface area contributed by atoms with Gasteiger partial charge in [-0.05, 0) is 19.3 Å². The summed E-state index contributed by atoms with van der Waals surface area (Å²) >= 11 is 0. The summed E-state index contributed by atoms with van der Waals surface area (Å²) in [5.74, 6) is -2.82. The third-order valence-corrected chi connectivity index (χ3v) is 2.70. The van der Waals surface area contributed by atoms with Crippen molar-refractivity contribution >= 4 is 17.9 Å². The van der Waals surface area contributed by atoms with Crippen molar-refractivity contribution < 1.29 is 28.6 Å². The molecule has 0 aliphatic heterocycles. The second-order valence-electron chi connectivity index (χ2n) is 4.69. The second kappa shape index (κ2) is 12.2. The number of carbonyl (C=O) groups excluding carboxylic acids is 3. The maximum absolute atomic E-state index is 11.8. The van der Waals surface area contributed by atoms with E-state index < -0.39 is 24.0 Å². The number of hydrogen-bond acceptors (Lipinski definition) is 6. The molecule has 0 rings (SSSR count). The topological polar surface area (TPSA) is 78.9 Å². The molecule has 0 radical (unpaired) electrons. The molecule has 1 atom stereocenters. The van der Waals surface area contributed by atoms with Gasteiger partial charge in [0.1, 0.15) is 0 Å². The Kier molecular flexibility index (Phi) is 11.3. The number of unbranched alkanes of at least 4 members (excludes halogenated alkanes) is 2. The molecule has 1 unspecified atom stereocenters. The van der Waals surface area contributed by atoms with Gasteiger partial charge in [0.2, 0.25) is 0 Å². The summed E-state index contributed by atoms with van der Waals surface area (Å²) in [4.78, 5) is 34.7. The first-order chi connectivity index (χ1) is 10.1. The van der Waals surface area contributed by atoms with Crippen LogP contribution in [0.15, 0.2) is 0 Å². The van der Waals surface area contributed by atoms with E-state index in [1.807, 2.05) is 20.8 Å². The Balaban J connectivity index is 4.30. The number of rotatable bonds is 10. The number of esters is 3. The lowest BCUT2D eigenvalue weighted by molar-refractivity contribution is -0.178. The van der Waals surface area contributed by atoms with Crippen LogP contribution in [0.5, 0.6) is 0 Å². The van der Waals surface area contributed by atoms with Crippen LogP contribution < -0.4 is 0 Å². The van der Waals surface area contributed by atoms with E-state index >= 15 is 0 Å². The van der Waals surface area contributed by atoms with Gasteiger partial charge in [0.15, 0.2) is 6.10 Å². The van der Waals surface area contributed by atoms with Crippen LogP contribution in [-0.2, 0) is 28.6 Å². The van der Waals surface area contributed by atoms with Crippen LogP contribution in [0.4, 0.5) is 0 Å². The Morgan fingerprint density at radius 3 is 1.90 bits per heavy atom. The van der Waals surface area contributed by atoms with Gasteiger partial charge in [0.25, 0.3) is 0 Å². The van der Waals surface area contributed by atoms with E-state index in [1.54, 1.807) is 0 Å². The smallest absolute Gasteiger partial charge is 0.418 e. The summed E-state index contributed by atoms with van der Waals surface area (Å²) in [7, 11) is 0. The van der Waals surface area contributed by atoms with Crippen LogP contribution in [0.1, 0.15) is 59.3 Å². The van der Waals surface area contributed by atoms with Crippen LogP contribution in [0.3, 0.4) is 0 Å². The second-order valence-corrected chi connectivity index (χ2v) is 4.69. The summed E-state index contributed by atoms with van der Waals surface area (Å²) in [5, 5.41) is 0. The highest BCUT2D eigenvalue weighted by atomic mass is 16.6. The molecule has 0 spiro atoms. The molecule has 0 heterocycles. The van der Waals surface area contributed by atoms with Crippen molar-refractivity contribution in [3.8, 4) is 0 Å². The number of carbonyl (C=O) groups is 3. The molecule has 0 N–H and O–H groups in total. The van der Waals surface area contributed by atoms with Gasteiger partial charge in [-0.15, -0.1) is 0 Å². The van der Waals surface area contributed by atoms with Crippen molar-refractivity contribution in [1.82, 2.24) is 0 Å². The zero-order valence-corrected chi connectivity index (χ0v) is 13.2. The Morgan fingerprint density at radius 2 is 1.38 bits per heavy atom. The highest BCUT2D eigenvalue weighted by Crippen LogP contribution is 2.07. The van der Waals surface area contributed by atoms with Crippen molar-refractivity contribution in [3.63, 3.8) is 0 Å². The number of ether oxygens (including phenoxy) is 3. The van der Waals surface area contributed by atoms with Gasteiger partial charge >= 0.3 is 17.9 Å². The van der Waals surface area contributed by atoms with Crippen molar-refractivity contribution in [1.29, 1.82) is 0 Å². The Labute approximate surface area is 126 Å². The molecule has 6 heteroatoms. The number of hydrogen-bond donors (Lipinski definition) is 0. The summed E-state index contributed by atoms with van der Waals surface area (Å²) in [6.45, 7) is 6.22. The van der Waals surface area contributed by atoms with Gasteiger partial charge in [0, 0.05) is 0 Å². The molecule has 21 heavy (non-hydrogen) atoms. The van der Waals surface area contributed by atoms with Gasteiger partial charge in [-0.1, -0.05) is 40.0 Å². The van der Waals surface area contributed by atoms with E-state index in [9.17, 15) is 14.4 Å². The normalized spacial score (nSPS) is 11.6. The molecule has 0 amide bonds. The molecule has 0 saturated heterocycles. The van der Waals surface area contributed by atoms with Crippen molar-refractivity contribution in [2.24, 2.45) is 0 Å². The molecule has 0 aromatic heterocycles. The average Bonchev–Trinajstić information content (AvgIpc) is 2.46. The quantitative estimate of drug-likeness (QED) is 0.267. The molecule has 0 fully saturated rings. The fourth-order valence-corrected chi connectivity index (χ4v) is 1.44. The zero-order chi connectivity index (χ0) is 16.1. The predicted molar refractivity (Wildman–Crippen MR) is 76.5 cm³/mol. The van der Waals surface area contributed by atoms with Crippen LogP contribution >= 0.6 is 0 Å². The lowest BCUT2D eigenvalue weighted by atomic mass is 10.2. The Bertz CT molecular complexity index is 326. The molecule has 0 saturated carbocycles. The van der Waals surface area contributed by atoms with Gasteiger partial charge < -0.3 is 14.2 Å². The lowest BCUT2D eigenvalue weighted by Gasteiger charge is -2.15. The first-order valence-corrected chi connectivity index (χ1v) is 7.61. The van der Waals surface area contributed by atoms with Crippen LogP contribution in [-0.4, -0.2) is 37.2 Å². The average molecular weight is 302 g/mol. The third-order valence-electron chi connectivity index (χ3n) is 2.70. The van der Waals surface area contributed by atoms with E-state index in [1.165, 1.54) is 0 Å². The predicted octanol–water partition coefficient (Wildman–Crippen LogP) is 2.38. The van der Waals surface area contributed by atoms with Crippen LogP contribution in [0, 0.1) is 0 Å². The maximum Gasteiger partial charge on any atom is 0.418 e. The molecule has 0 bridgehead atoms. The fraction of sp³-hybridized carbons (Fsp3) is 0.800. The molecule has 0 aliphatic rings. The van der Waals surface area contributed by atoms with Gasteiger partial charge in [-0.3, -0.25) is 0 Å². The highest BCUT2D eigenvalue weighted by Gasteiger charge is 2.28. The fourth-order valence-electron chi connectivity index (χ4n) is 1.44. The van der Waals surface area contributed by atoms with E-state index in [0.717, 1.165) is 19.3 Å². The van der Waals surface area contributed by atoms with E-state index in [-0.39, 0.29) is 13.2 Å². The molecule has 0 aliphatic carbocycles. The maximum atomic E-state index is 11.8. The first kappa shape index (κ1) is 19.4. The minimum atomic E-state index is -1.14. The molecule has 122 valence electrons. The van der Waals surface area contributed by atoms with Crippen molar-refractivity contribution in [3.05, 3.63) is 0 Å². The molecule has 6 nitrogen and oxygen atoms in total. The molecular formula is C15H26O6. The van der Waals surface area contributed by atoms with E-state index in [2.05, 4.69) is 0 Å². The van der Waals surface area contributed by atoms with Gasteiger partial charge in [-0.25, -0.2) is 14.4 Å². The highest BCUT2D eigenvalue weighted by molar-refractivity contribution is 6.29. The summed E-state index contributed by atoms with van der Waals surface area (Å²) in [6, 6.07) is 0. The van der Waals surface area contributed by atoms with Crippen LogP contribution in [0.25, 0.3) is 0 Å². The minimum Gasteiger partial charge on any atom is -0.463 e. The third kappa shape index (κ3) is 9.05. The largest absolute Gasteiger partial charge is 0.463 e. The molecule has 0 aromatic carbocycles. The zero-order valence-electron chi connectivity index (χ0n) is 13.2. The Morgan fingerprint density at radius 1 is 0.810 bits per heavy atom. The van der Waals surface area contributed by atoms with E-state index in [4.69, 9.17) is 14.2 Å². The van der Waals surface area contributed by atoms with Gasteiger partial charge in [-0.2, -0.15) is 0 Å². The van der Waals surface area contributed by atoms with Crippen molar-refractivity contribution in [2.75, 3.05) is 13.2 Å². The summed E-state index contributed by atoms with van der Waals surface area (Å²) < 4.78 is 14.6. The minimum absolute atomic E-state index is 0.170.